The van der Waals surface area contributed by atoms with E-state index < -0.39 is 17.2 Å². The molecular formula is C25H35N3O4. The third-order valence-electron chi connectivity index (χ3n) is 6.30. The van der Waals surface area contributed by atoms with Crippen molar-refractivity contribution in [1.82, 2.24) is 10.2 Å². The average Bonchev–Trinajstić information content (AvgIpc) is 2.71. The molecule has 1 heterocycles. The van der Waals surface area contributed by atoms with Crippen molar-refractivity contribution in [2.24, 2.45) is 5.73 Å². The molecule has 2 unspecified atom stereocenters. The van der Waals surface area contributed by atoms with Crippen molar-refractivity contribution in [1.29, 1.82) is 0 Å². The van der Waals surface area contributed by atoms with E-state index in [0.29, 0.717) is 19.4 Å². The number of cyclic esters (lactones) is 1. The number of benzene rings is 1. The van der Waals surface area contributed by atoms with Gasteiger partial charge in [0.2, 0.25) is 0 Å². The van der Waals surface area contributed by atoms with E-state index in [0.717, 1.165) is 43.2 Å². The summed E-state index contributed by atoms with van der Waals surface area (Å²) in [6.07, 6.45) is 5.32. The summed E-state index contributed by atoms with van der Waals surface area (Å²) < 4.78 is 5.55. The summed E-state index contributed by atoms with van der Waals surface area (Å²) in [5.74, 6) is 6.45. The number of hydrogen-bond donors (Lipinski definition) is 3. The quantitative estimate of drug-likeness (QED) is 0.604. The second-order valence-corrected chi connectivity index (χ2v) is 9.68. The van der Waals surface area contributed by atoms with Gasteiger partial charge < -0.3 is 25.8 Å². The average molecular weight is 442 g/mol. The molecule has 1 aromatic carbocycles. The molecule has 1 saturated carbocycles. The number of nitrogens with two attached hydrogens (primary N) is 1. The maximum absolute atomic E-state index is 12.5. The number of urea groups is 1. The second-order valence-electron chi connectivity index (χ2n) is 9.68. The lowest BCUT2D eigenvalue weighted by atomic mass is 9.82. The molecule has 1 aromatic rings. The SMILES string of the molecule is CC(c1ccc(C#CC2(NC(N)=O)CCCCC2)cc1)N1CCC(CC(C)(C)O)OC1=O. The van der Waals surface area contributed by atoms with Gasteiger partial charge in [-0.2, -0.15) is 0 Å². The predicted molar refractivity (Wildman–Crippen MR) is 123 cm³/mol. The lowest BCUT2D eigenvalue weighted by Crippen LogP contribution is -2.50. The Morgan fingerprint density at radius 3 is 2.53 bits per heavy atom. The monoisotopic (exact) mass is 441 g/mol. The number of amides is 3. The summed E-state index contributed by atoms with van der Waals surface area (Å²) in [5.41, 5.74) is 5.81. The van der Waals surface area contributed by atoms with Crippen LogP contribution in [0.1, 0.15) is 82.9 Å². The molecule has 0 aromatic heterocycles. The fourth-order valence-electron chi connectivity index (χ4n) is 4.59. The van der Waals surface area contributed by atoms with Crippen LogP contribution in [0.4, 0.5) is 9.59 Å². The van der Waals surface area contributed by atoms with Gasteiger partial charge >= 0.3 is 12.1 Å². The Morgan fingerprint density at radius 1 is 1.31 bits per heavy atom. The predicted octanol–water partition coefficient (Wildman–Crippen LogP) is 3.84. The standard InChI is InChI=1S/C25H35N3O4/c1-18(28-16-12-21(32-23(28)30)17-24(2,3)31)20-9-7-19(8-10-20)11-15-25(27-22(26)29)13-5-4-6-14-25/h7-10,18,21,31H,4-6,12-14,16-17H2,1-3H3,(H3,26,27,29). The lowest BCUT2D eigenvalue weighted by Gasteiger charge is -2.37. The number of rotatable bonds is 5. The molecule has 2 atom stereocenters. The number of carbonyl (C=O) groups is 2. The third kappa shape index (κ3) is 6.39. The van der Waals surface area contributed by atoms with Gasteiger partial charge in [-0.05, 0) is 51.3 Å². The maximum atomic E-state index is 12.5. The number of ether oxygens (including phenoxy) is 1. The van der Waals surface area contributed by atoms with Gasteiger partial charge in [0.15, 0.2) is 0 Å². The molecule has 7 heteroatoms. The van der Waals surface area contributed by atoms with E-state index in [9.17, 15) is 14.7 Å². The van der Waals surface area contributed by atoms with Crippen molar-refractivity contribution in [2.75, 3.05) is 6.54 Å². The highest BCUT2D eigenvalue weighted by Crippen LogP contribution is 2.29. The summed E-state index contributed by atoms with van der Waals surface area (Å²) in [4.78, 5) is 25.7. The van der Waals surface area contributed by atoms with Gasteiger partial charge in [0.05, 0.1) is 11.6 Å². The summed E-state index contributed by atoms with van der Waals surface area (Å²) in [6.45, 7) is 6.01. The summed E-state index contributed by atoms with van der Waals surface area (Å²) >= 11 is 0. The molecule has 2 aliphatic rings. The molecule has 0 radical (unpaired) electrons. The largest absolute Gasteiger partial charge is 0.446 e. The Kier molecular flexibility index (Phi) is 7.35. The van der Waals surface area contributed by atoms with Gasteiger partial charge in [0, 0.05) is 24.9 Å². The van der Waals surface area contributed by atoms with Gasteiger partial charge in [0.25, 0.3) is 0 Å². The smallest absolute Gasteiger partial charge is 0.410 e. The number of carbonyl (C=O) groups excluding carboxylic acids is 2. The van der Waals surface area contributed by atoms with E-state index in [1.54, 1.807) is 18.7 Å². The Bertz CT molecular complexity index is 873. The van der Waals surface area contributed by atoms with Crippen LogP contribution in [-0.2, 0) is 4.74 Å². The zero-order valence-corrected chi connectivity index (χ0v) is 19.3. The van der Waals surface area contributed by atoms with Crippen LogP contribution in [0.3, 0.4) is 0 Å². The van der Waals surface area contributed by atoms with Crippen LogP contribution in [0.5, 0.6) is 0 Å². The third-order valence-corrected chi connectivity index (χ3v) is 6.30. The minimum absolute atomic E-state index is 0.131. The maximum Gasteiger partial charge on any atom is 0.410 e. The topological polar surface area (TPSA) is 105 Å². The number of hydrogen-bond acceptors (Lipinski definition) is 4. The van der Waals surface area contributed by atoms with Crippen molar-refractivity contribution in [3.05, 3.63) is 35.4 Å². The summed E-state index contributed by atoms with van der Waals surface area (Å²) in [6, 6.07) is 7.15. The molecule has 3 amide bonds. The molecule has 4 N–H and O–H groups in total. The molecular weight excluding hydrogens is 406 g/mol. The van der Waals surface area contributed by atoms with Gasteiger partial charge in [0.1, 0.15) is 11.6 Å². The van der Waals surface area contributed by atoms with Gasteiger partial charge in [-0.1, -0.05) is 43.2 Å². The minimum Gasteiger partial charge on any atom is -0.446 e. The Labute approximate surface area is 190 Å². The van der Waals surface area contributed by atoms with E-state index in [1.165, 1.54) is 0 Å². The summed E-state index contributed by atoms with van der Waals surface area (Å²) in [7, 11) is 0. The molecule has 0 spiro atoms. The first-order chi connectivity index (χ1) is 15.1. The number of nitrogens with one attached hydrogen (secondary N) is 1. The fraction of sp³-hybridized carbons (Fsp3) is 0.600. The van der Waals surface area contributed by atoms with Crippen LogP contribution in [-0.4, -0.2) is 45.9 Å². The first-order valence-electron chi connectivity index (χ1n) is 11.5. The Hall–Kier alpha value is -2.72. The van der Waals surface area contributed by atoms with Crippen LogP contribution in [0.2, 0.25) is 0 Å². The van der Waals surface area contributed by atoms with Crippen LogP contribution < -0.4 is 11.1 Å². The van der Waals surface area contributed by atoms with Crippen LogP contribution in [0.25, 0.3) is 0 Å². The fourth-order valence-corrected chi connectivity index (χ4v) is 4.59. The Morgan fingerprint density at radius 2 is 1.97 bits per heavy atom. The molecule has 1 saturated heterocycles. The second kappa shape index (κ2) is 9.83. The van der Waals surface area contributed by atoms with Crippen molar-refractivity contribution in [2.45, 2.75) is 89.0 Å². The normalized spacial score (nSPS) is 21.7. The van der Waals surface area contributed by atoms with Gasteiger partial charge in [-0.3, -0.25) is 0 Å². The number of aliphatic hydroxyl groups is 1. The van der Waals surface area contributed by atoms with Crippen molar-refractivity contribution < 1.29 is 19.4 Å². The van der Waals surface area contributed by atoms with Gasteiger partial charge in [-0.15, -0.1) is 0 Å². The molecule has 1 aliphatic carbocycles. The molecule has 0 bridgehead atoms. The molecule has 3 rings (SSSR count). The van der Waals surface area contributed by atoms with E-state index in [2.05, 4.69) is 17.2 Å². The lowest BCUT2D eigenvalue weighted by molar-refractivity contribution is -0.0309. The highest BCUT2D eigenvalue weighted by Gasteiger charge is 2.34. The zero-order chi connectivity index (χ0) is 23.4. The van der Waals surface area contributed by atoms with Crippen LogP contribution in [0, 0.1) is 11.8 Å². The number of nitrogens with zero attached hydrogens (tertiary/aromatic N) is 1. The molecule has 2 fully saturated rings. The highest BCUT2D eigenvalue weighted by atomic mass is 16.6. The van der Waals surface area contributed by atoms with Crippen LogP contribution >= 0.6 is 0 Å². The first-order valence-corrected chi connectivity index (χ1v) is 11.5. The summed E-state index contributed by atoms with van der Waals surface area (Å²) in [5, 5.41) is 12.8. The van der Waals surface area contributed by atoms with E-state index in [-0.39, 0.29) is 18.2 Å². The van der Waals surface area contributed by atoms with Crippen molar-refractivity contribution in [3.8, 4) is 11.8 Å². The highest BCUT2D eigenvalue weighted by molar-refractivity contribution is 5.73. The molecule has 7 nitrogen and oxygen atoms in total. The minimum atomic E-state index is -0.862. The molecule has 1 aliphatic heterocycles. The van der Waals surface area contributed by atoms with E-state index in [4.69, 9.17) is 10.5 Å². The van der Waals surface area contributed by atoms with Crippen LogP contribution in [0.15, 0.2) is 24.3 Å². The first kappa shape index (κ1) is 23.9. The van der Waals surface area contributed by atoms with Crippen molar-refractivity contribution >= 4 is 12.1 Å². The van der Waals surface area contributed by atoms with E-state index >= 15 is 0 Å². The Balaban J connectivity index is 1.65. The van der Waals surface area contributed by atoms with Gasteiger partial charge in [-0.25, -0.2) is 9.59 Å². The molecule has 174 valence electrons. The van der Waals surface area contributed by atoms with Crippen molar-refractivity contribution in [3.63, 3.8) is 0 Å². The molecule has 32 heavy (non-hydrogen) atoms. The van der Waals surface area contributed by atoms with E-state index in [1.807, 2.05) is 31.2 Å². The zero-order valence-electron chi connectivity index (χ0n) is 19.3. The number of primary amides is 1.